The first-order chi connectivity index (χ1) is 9.41. The van der Waals surface area contributed by atoms with Crippen molar-refractivity contribution in [2.75, 3.05) is 19.4 Å². The standard InChI is InChI=1S/C12H14N4O3S/c1-16(2)20(18,19)10-5-3-9(4-6-10)12(17)14-11-7-8-13-15-11/h3-8H,1-2H3,(H2,13,14,15,17). The Morgan fingerprint density at radius 3 is 2.35 bits per heavy atom. The molecule has 0 aliphatic heterocycles. The Hall–Kier alpha value is -2.19. The monoisotopic (exact) mass is 294 g/mol. The first kappa shape index (κ1) is 14.2. The minimum absolute atomic E-state index is 0.139. The smallest absolute Gasteiger partial charge is 0.256 e. The molecule has 0 unspecified atom stereocenters. The van der Waals surface area contributed by atoms with E-state index in [0.717, 1.165) is 4.31 Å². The van der Waals surface area contributed by atoms with Crippen LogP contribution in [0, 0.1) is 0 Å². The number of amides is 1. The Morgan fingerprint density at radius 1 is 1.20 bits per heavy atom. The molecule has 0 bridgehead atoms. The minimum atomic E-state index is -3.48. The molecular formula is C12H14N4O3S. The molecule has 106 valence electrons. The molecule has 0 atom stereocenters. The van der Waals surface area contributed by atoms with E-state index in [1.54, 1.807) is 6.07 Å². The zero-order valence-electron chi connectivity index (χ0n) is 11.0. The van der Waals surface area contributed by atoms with Gasteiger partial charge in [-0.15, -0.1) is 0 Å². The van der Waals surface area contributed by atoms with Crippen LogP contribution in [0.3, 0.4) is 0 Å². The maximum absolute atomic E-state index is 11.9. The number of carbonyl (C=O) groups excluding carboxylic acids is 1. The van der Waals surface area contributed by atoms with Crippen molar-refractivity contribution in [1.29, 1.82) is 0 Å². The van der Waals surface area contributed by atoms with E-state index in [4.69, 9.17) is 0 Å². The van der Waals surface area contributed by atoms with Gasteiger partial charge in [0.1, 0.15) is 5.82 Å². The molecule has 20 heavy (non-hydrogen) atoms. The molecule has 1 amide bonds. The highest BCUT2D eigenvalue weighted by atomic mass is 32.2. The van der Waals surface area contributed by atoms with E-state index >= 15 is 0 Å². The van der Waals surface area contributed by atoms with E-state index in [1.807, 2.05) is 0 Å². The zero-order valence-corrected chi connectivity index (χ0v) is 11.8. The molecule has 8 heteroatoms. The number of nitrogens with one attached hydrogen (secondary N) is 2. The van der Waals surface area contributed by atoms with Crippen LogP contribution in [0.15, 0.2) is 41.4 Å². The van der Waals surface area contributed by atoms with Crippen LogP contribution in [0.2, 0.25) is 0 Å². The molecule has 0 fully saturated rings. The van der Waals surface area contributed by atoms with Crippen LogP contribution in [0.5, 0.6) is 0 Å². The predicted molar refractivity (Wildman–Crippen MR) is 73.9 cm³/mol. The second-order valence-corrected chi connectivity index (χ2v) is 6.39. The number of aromatic nitrogens is 2. The summed E-state index contributed by atoms with van der Waals surface area (Å²) in [5.74, 6) is 0.128. The summed E-state index contributed by atoms with van der Waals surface area (Å²) in [6, 6.07) is 7.33. The number of carbonyl (C=O) groups is 1. The van der Waals surface area contributed by atoms with Crippen LogP contribution in [0.25, 0.3) is 0 Å². The number of aromatic amines is 1. The largest absolute Gasteiger partial charge is 0.307 e. The second kappa shape index (κ2) is 5.43. The Balaban J connectivity index is 2.18. The highest BCUT2D eigenvalue weighted by molar-refractivity contribution is 7.89. The number of benzene rings is 1. The molecule has 0 aliphatic rings. The van der Waals surface area contributed by atoms with E-state index in [-0.39, 0.29) is 10.8 Å². The van der Waals surface area contributed by atoms with Gasteiger partial charge in [-0.3, -0.25) is 9.89 Å². The molecule has 1 aromatic carbocycles. The number of H-pyrrole nitrogens is 1. The first-order valence-corrected chi connectivity index (χ1v) is 7.18. The predicted octanol–water partition coefficient (Wildman–Crippen LogP) is 0.912. The van der Waals surface area contributed by atoms with E-state index in [1.165, 1.54) is 44.6 Å². The molecule has 2 aromatic rings. The van der Waals surface area contributed by atoms with Crippen molar-refractivity contribution < 1.29 is 13.2 Å². The summed E-state index contributed by atoms with van der Waals surface area (Å²) in [6.45, 7) is 0. The summed E-state index contributed by atoms with van der Waals surface area (Å²) in [5, 5.41) is 8.92. The molecule has 2 rings (SSSR count). The van der Waals surface area contributed by atoms with Gasteiger partial charge in [0.25, 0.3) is 5.91 Å². The lowest BCUT2D eigenvalue weighted by Gasteiger charge is -2.11. The molecule has 0 aliphatic carbocycles. The van der Waals surface area contributed by atoms with Gasteiger partial charge in [0.15, 0.2) is 0 Å². The average Bonchev–Trinajstić information content (AvgIpc) is 2.91. The molecule has 2 N–H and O–H groups in total. The average molecular weight is 294 g/mol. The fraction of sp³-hybridized carbons (Fsp3) is 0.167. The maximum Gasteiger partial charge on any atom is 0.256 e. The van der Waals surface area contributed by atoms with E-state index in [0.29, 0.717) is 11.4 Å². The molecule has 1 heterocycles. The third-order valence-electron chi connectivity index (χ3n) is 2.64. The highest BCUT2D eigenvalue weighted by Gasteiger charge is 2.17. The van der Waals surface area contributed by atoms with Gasteiger partial charge in [0, 0.05) is 25.7 Å². The van der Waals surface area contributed by atoms with Crippen LogP contribution in [-0.4, -0.2) is 42.9 Å². The molecule has 1 aromatic heterocycles. The number of hydrogen-bond acceptors (Lipinski definition) is 4. The van der Waals surface area contributed by atoms with Gasteiger partial charge in [-0.25, -0.2) is 12.7 Å². The van der Waals surface area contributed by atoms with Crippen LogP contribution < -0.4 is 5.32 Å². The number of hydrogen-bond donors (Lipinski definition) is 2. The molecule has 0 saturated heterocycles. The summed E-state index contributed by atoms with van der Waals surface area (Å²) in [5.41, 5.74) is 0.359. The molecule has 7 nitrogen and oxygen atoms in total. The third-order valence-corrected chi connectivity index (χ3v) is 4.47. The number of anilines is 1. The van der Waals surface area contributed by atoms with Gasteiger partial charge < -0.3 is 5.32 Å². The normalized spacial score (nSPS) is 11.6. The van der Waals surface area contributed by atoms with Gasteiger partial charge in [-0.05, 0) is 24.3 Å². The van der Waals surface area contributed by atoms with Gasteiger partial charge in [0.05, 0.1) is 11.1 Å². The number of rotatable bonds is 4. The highest BCUT2D eigenvalue weighted by Crippen LogP contribution is 2.14. The van der Waals surface area contributed by atoms with Crippen LogP contribution in [0.4, 0.5) is 5.82 Å². The minimum Gasteiger partial charge on any atom is -0.307 e. The second-order valence-electron chi connectivity index (χ2n) is 4.24. The van der Waals surface area contributed by atoms with E-state index in [2.05, 4.69) is 15.5 Å². The van der Waals surface area contributed by atoms with Crippen LogP contribution in [-0.2, 0) is 10.0 Å². The molecular weight excluding hydrogens is 280 g/mol. The van der Waals surface area contributed by atoms with Crippen molar-refractivity contribution in [3.05, 3.63) is 42.1 Å². The SMILES string of the molecule is CN(C)S(=O)(=O)c1ccc(C(=O)Nc2ccn[nH]2)cc1. The molecule has 0 radical (unpaired) electrons. The summed E-state index contributed by atoms with van der Waals surface area (Å²) < 4.78 is 24.9. The van der Waals surface area contributed by atoms with Gasteiger partial charge in [-0.2, -0.15) is 5.10 Å². The number of sulfonamides is 1. The summed E-state index contributed by atoms with van der Waals surface area (Å²) in [7, 11) is -0.579. The topological polar surface area (TPSA) is 95.2 Å². The number of nitrogens with zero attached hydrogens (tertiary/aromatic N) is 2. The Kier molecular flexibility index (Phi) is 3.86. The quantitative estimate of drug-likeness (QED) is 0.876. The van der Waals surface area contributed by atoms with Crippen molar-refractivity contribution in [2.24, 2.45) is 0 Å². The fourth-order valence-electron chi connectivity index (χ4n) is 1.51. The van der Waals surface area contributed by atoms with Gasteiger partial charge in [-0.1, -0.05) is 0 Å². The van der Waals surface area contributed by atoms with Crippen LogP contribution >= 0.6 is 0 Å². The molecule has 0 saturated carbocycles. The van der Waals surface area contributed by atoms with Crippen molar-refractivity contribution in [3.8, 4) is 0 Å². The summed E-state index contributed by atoms with van der Waals surface area (Å²) >= 11 is 0. The Labute approximate surface area is 116 Å². The lowest BCUT2D eigenvalue weighted by molar-refractivity contribution is 0.102. The van der Waals surface area contributed by atoms with Gasteiger partial charge >= 0.3 is 0 Å². The third kappa shape index (κ3) is 2.86. The van der Waals surface area contributed by atoms with Gasteiger partial charge in [0.2, 0.25) is 10.0 Å². The van der Waals surface area contributed by atoms with Crippen molar-refractivity contribution in [2.45, 2.75) is 4.90 Å². The summed E-state index contributed by atoms with van der Waals surface area (Å²) in [4.78, 5) is 12.0. The lowest BCUT2D eigenvalue weighted by atomic mass is 10.2. The lowest BCUT2D eigenvalue weighted by Crippen LogP contribution is -2.22. The summed E-state index contributed by atoms with van der Waals surface area (Å²) in [6.07, 6.45) is 1.52. The molecule has 0 spiro atoms. The van der Waals surface area contributed by atoms with E-state index < -0.39 is 10.0 Å². The Morgan fingerprint density at radius 2 is 1.85 bits per heavy atom. The maximum atomic E-state index is 11.9. The Bertz CT molecular complexity index is 691. The van der Waals surface area contributed by atoms with E-state index in [9.17, 15) is 13.2 Å². The van der Waals surface area contributed by atoms with Crippen LogP contribution in [0.1, 0.15) is 10.4 Å². The zero-order chi connectivity index (χ0) is 14.8. The van der Waals surface area contributed by atoms with Crippen molar-refractivity contribution in [1.82, 2.24) is 14.5 Å². The van der Waals surface area contributed by atoms with Crippen molar-refractivity contribution in [3.63, 3.8) is 0 Å². The van der Waals surface area contributed by atoms with Crippen molar-refractivity contribution >= 4 is 21.7 Å². The fourth-order valence-corrected chi connectivity index (χ4v) is 2.41. The first-order valence-electron chi connectivity index (χ1n) is 5.74.